The molecule has 5 rings (SSSR count). The maximum absolute atomic E-state index is 13.4. The van der Waals surface area contributed by atoms with Crippen LogP contribution in [0.25, 0.3) is 0 Å². The van der Waals surface area contributed by atoms with Crippen molar-refractivity contribution in [2.75, 3.05) is 21.0 Å². The molecule has 1 N–H and O–H groups in total. The van der Waals surface area contributed by atoms with E-state index in [0.717, 1.165) is 5.56 Å². The van der Waals surface area contributed by atoms with E-state index in [9.17, 15) is 19.3 Å². The number of nitro benzene ring substituents is 1. The van der Waals surface area contributed by atoms with Crippen molar-refractivity contribution in [3.63, 3.8) is 0 Å². The van der Waals surface area contributed by atoms with Crippen LogP contribution in [0.3, 0.4) is 0 Å². The monoisotopic (exact) mass is 550 g/mol. The molecule has 2 aliphatic rings. The number of carbonyl (C=O) groups excluding carboxylic acids is 1. The lowest BCUT2D eigenvalue weighted by atomic mass is 9.95. The van der Waals surface area contributed by atoms with Gasteiger partial charge in [0.1, 0.15) is 11.9 Å². The molecule has 0 bridgehead atoms. The van der Waals surface area contributed by atoms with E-state index in [1.165, 1.54) is 56.8 Å². The minimum atomic E-state index is -0.573. The van der Waals surface area contributed by atoms with Crippen LogP contribution >= 0.6 is 0 Å². The first-order valence-electron chi connectivity index (χ1n) is 12.0. The van der Waals surface area contributed by atoms with Gasteiger partial charge in [0.05, 0.1) is 31.1 Å². The number of ether oxygens (including phenoxy) is 4. The van der Waals surface area contributed by atoms with E-state index in [-0.39, 0.29) is 23.9 Å². The van der Waals surface area contributed by atoms with E-state index in [1.54, 1.807) is 12.1 Å². The lowest BCUT2D eigenvalue weighted by Crippen LogP contribution is -2.18. The molecule has 2 aliphatic heterocycles. The predicted octanol–water partition coefficient (Wildman–Crippen LogP) is 3.98. The van der Waals surface area contributed by atoms with Crippen LogP contribution in [0, 0.1) is 15.9 Å². The first-order chi connectivity index (χ1) is 19.4. The fourth-order valence-corrected chi connectivity index (χ4v) is 4.43. The number of hydrogen-bond donors (Lipinski definition) is 1. The van der Waals surface area contributed by atoms with E-state index in [2.05, 4.69) is 15.7 Å². The van der Waals surface area contributed by atoms with Crippen LogP contribution in [-0.2, 0) is 11.3 Å². The van der Waals surface area contributed by atoms with E-state index in [1.807, 2.05) is 0 Å². The fraction of sp³-hybridized carbons (Fsp3) is 0.222. The molecule has 12 nitrogen and oxygen atoms in total. The summed E-state index contributed by atoms with van der Waals surface area (Å²) >= 11 is 0. The number of halogens is 1. The molecule has 0 fully saturated rings. The first-order valence-corrected chi connectivity index (χ1v) is 12.0. The number of fused-ring (bicyclic) bond motifs is 1. The average molecular weight is 550 g/mol. The Labute approximate surface area is 227 Å². The highest BCUT2D eigenvalue weighted by Gasteiger charge is 2.34. The molecule has 0 saturated carbocycles. The number of nitrogens with one attached hydrogen (secondary N) is 1. The van der Waals surface area contributed by atoms with Gasteiger partial charge in [-0.2, -0.15) is 5.10 Å². The second-order valence-electron chi connectivity index (χ2n) is 8.71. The van der Waals surface area contributed by atoms with Gasteiger partial charge in [0.25, 0.3) is 11.6 Å². The van der Waals surface area contributed by atoms with Gasteiger partial charge in [-0.3, -0.25) is 14.9 Å². The lowest BCUT2D eigenvalue weighted by molar-refractivity contribution is -0.384. The van der Waals surface area contributed by atoms with Gasteiger partial charge < -0.3 is 23.8 Å². The van der Waals surface area contributed by atoms with Gasteiger partial charge in [-0.15, -0.1) is 0 Å². The van der Waals surface area contributed by atoms with Crippen molar-refractivity contribution in [2.24, 2.45) is 10.3 Å². The Hall–Kier alpha value is -5.20. The third-order valence-electron chi connectivity index (χ3n) is 6.32. The van der Waals surface area contributed by atoms with E-state index in [4.69, 9.17) is 23.8 Å². The van der Waals surface area contributed by atoms with Crippen molar-refractivity contribution in [3.05, 3.63) is 86.7 Å². The Morgan fingerprint density at radius 1 is 1.12 bits per heavy atom. The molecule has 206 valence electrons. The van der Waals surface area contributed by atoms with Crippen LogP contribution in [0.2, 0.25) is 0 Å². The first kappa shape index (κ1) is 26.4. The van der Waals surface area contributed by atoms with Crippen molar-refractivity contribution in [1.82, 2.24) is 5.43 Å². The number of methoxy groups -OCH3 is 2. The third kappa shape index (κ3) is 5.21. The number of benzene rings is 3. The smallest absolute Gasteiger partial charge is 0.271 e. The van der Waals surface area contributed by atoms with Crippen molar-refractivity contribution in [2.45, 2.75) is 18.9 Å². The highest BCUT2D eigenvalue weighted by Crippen LogP contribution is 2.52. The van der Waals surface area contributed by atoms with Crippen molar-refractivity contribution < 1.29 is 37.9 Å². The minimum Gasteiger partial charge on any atom is -0.492 e. The van der Waals surface area contributed by atoms with Crippen molar-refractivity contribution in [1.29, 1.82) is 0 Å². The molecule has 0 radical (unpaired) electrons. The summed E-state index contributed by atoms with van der Waals surface area (Å²) in [4.78, 5) is 28.6. The molecule has 3 aromatic rings. The zero-order chi connectivity index (χ0) is 28.2. The predicted molar refractivity (Wildman–Crippen MR) is 140 cm³/mol. The van der Waals surface area contributed by atoms with E-state index in [0.29, 0.717) is 52.7 Å². The van der Waals surface area contributed by atoms with Crippen molar-refractivity contribution >= 4 is 23.5 Å². The van der Waals surface area contributed by atoms with Crippen molar-refractivity contribution in [3.8, 4) is 23.0 Å². The summed E-state index contributed by atoms with van der Waals surface area (Å²) in [6, 6.07) is 11.1. The van der Waals surface area contributed by atoms with Crippen LogP contribution < -0.4 is 24.4 Å². The van der Waals surface area contributed by atoms with Crippen LogP contribution in [0.4, 0.5) is 10.1 Å². The normalized spacial score (nSPS) is 15.5. The number of rotatable bonds is 9. The molecule has 1 amide bonds. The van der Waals surface area contributed by atoms with Gasteiger partial charge in [0.15, 0.2) is 11.5 Å². The summed E-state index contributed by atoms with van der Waals surface area (Å²) in [7, 11) is 2.95. The summed E-state index contributed by atoms with van der Waals surface area (Å²) in [5.41, 5.74) is 4.93. The largest absolute Gasteiger partial charge is 0.492 e. The number of non-ortho nitro benzene ring substituents is 1. The molecule has 40 heavy (non-hydrogen) atoms. The molecular weight excluding hydrogens is 527 g/mol. The Kier molecular flexibility index (Phi) is 7.44. The van der Waals surface area contributed by atoms with Gasteiger partial charge in [-0.05, 0) is 29.8 Å². The molecular formula is C27H23FN4O8. The topological polar surface area (TPSA) is 143 Å². The number of amides is 1. The van der Waals surface area contributed by atoms with Crippen LogP contribution in [0.15, 0.2) is 58.8 Å². The number of carbonyl (C=O) groups is 1. The maximum atomic E-state index is 13.4. The Bertz CT molecular complexity index is 1510. The number of hydrazone groups is 1. The Balaban J connectivity index is 1.42. The summed E-state index contributed by atoms with van der Waals surface area (Å²) in [5, 5.41) is 19.2. The maximum Gasteiger partial charge on any atom is 0.271 e. The quantitative estimate of drug-likeness (QED) is 0.239. The summed E-state index contributed by atoms with van der Waals surface area (Å²) in [6.07, 6.45) is 1.72. The molecule has 0 aliphatic carbocycles. The summed E-state index contributed by atoms with van der Waals surface area (Å²) in [5.74, 6) is 0.461. The van der Waals surface area contributed by atoms with E-state index < -0.39 is 16.9 Å². The Morgan fingerprint density at radius 2 is 1.80 bits per heavy atom. The third-order valence-corrected chi connectivity index (χ3v) is 6.32. The molecule has 1 atom stereocenters. The van der Waals surface area contributed by atoms with Gasteiger partial charge in [0.2, 0.25) is 18.3 Å². The highest BCUT2D eigenvalue weighted by atomic mass is 19.1. The van der Waals surface area contributed by atoms with E-state index >= 15 is 0 Å². The molecule has 3 aromatic carbocycles. The summed E-state index contributed by atoms with van der Waals surface area (Å²) in [6.45, 7) is -0.0449. The molecule has 13 heteroatoms. The number of oxime groups is 1. The number of nitro groups is 1. The molecule has 2 heterocycles. The van der Waals surface area contributed by atoms with Crippen LogP contribution in [0.5, 0.6) is 23.0 Å². The molecule has 0 spiro atoms. The zero-order valence-electron chi connectivity index (χ0n) is 21.4. The highest BCUT2D eigenvalue weighted by molar-refractivity contribution is 6.01. The summed E-state index contributed by atoms with van der Waals surface area (Å²) < 4.78 is 36.0. The zero-order valence-corrected chi connectivity index (χ0v) is 21.4. The van der Waals surface area contributed by atoms with Gasteiger partial charge in [0, 0.05) is 41.7 Å². The van der Waals surface area contributed by atoms with Crippen LogP contribution in [0.1, 0.15) is 33.5 Å². The second-order valence-corrected chi connectivity index (χ2v) is 8.71. The molecule has 0 saturated heterocycles. The minimum absolute atomic E-state index is 0.0449. The number of hydrogen-bond acceptors (Lipinski definition) is 10. The lowest BCUT2D eigenvalue weighted by Gasteiger charge is -2.19. The standard InChI is InChI=1S/C27H23FN4O8/c1-36-23-20(11-19-12-22(31-40-19)15-3-7-17(28)8-4-15)21(24(37-2)26-25(23)38-14-39-26)13-29-30-27(33)16-5-9-18(10-6-16)32(34)35/h3-10,13,19H,11-12,14H2,1-2H3,(H,30,33)/b29-13-/t19-/m0/s1. The number of nitrogens with zero attached hydrogens (tertiary/aromatic N) is 3. The SMILES string of the molecule is COc1c(/C=N\NC(=O)c2ccc([N+](=O)[O-])cc2)c(C[C@H]2CC(c3ccc(F)cc3)=NO2)c(OC)c2c1OCO2. The van der Waals surface area contributed by atoms with Gasteiger partial charge in [-0.25, -0.2) is 9.82 Å². The fourth-order valence-electron chi connectivity index (χ4n) is 4.43. The molecule has 0 unspecified atom stereocenters. The average Bonchev–Trinajstić information content (AvgIpc) is 3.64. The molecule has 0 aromatic heterocycles. The second kappa shape index (κ2) is 11.3. The Morgan fingerprint density at radius 3 is 2.45 bits per heavy atom. The van der Waals surface area contributed by atoms with Crippen LogP contribution in [-0.4, -0.2) is 49.9 Å². The van der Waals surface area contributed by atoms with Gasteiger partial charge >= 0.3 is 0 Å². The van der Waals surface area contributed by atoms with Gasteiger partial charge in [-0.1, -0.05) is 17.3 Å².